The molecule has 1 aromatic carbocycles. The first kappa shape index (κ1) is 12.6. The third kappa shape index (κ3) is 2.15. The molecule has 2 nitrogen and oxygen atoms in total. The molecule has 0 radical (unpaired) electrons. The van der Waals surface area contributed by atoms with Crippen molar-refractivity contribution >= 4 is 34.0 Å². The number of benzene rings is 1. The van der Waals surface area contributed by atoms with Crippen LogP contribution in [0.5, 0.6) is 0 Å². The molecule has 1 atom stereocenters. The van der Waals surface area contributed by atoms with Crippen LogP contribution in [0.25, 0.3) is 11.0 Å². The quantitative estimate of drug-likeness (QED) is 0.646. The first-order chi connectivity index (χ1) is 9.20. The summed E-state index contributed by atoms with van der Waals surface area (Å²) >= 11 is 7.65. The van der Waals surface area contributed by atoms with Gasteiger partial charge in [-0.3, -0.25) is 0 Å². The van der Waals surface area contributed by atoms with E-state index in [1.807, 2.05) is 16.0 Å². The van der Waals surface area contributed by atoms with Crippen molar-refractivity contribution in [3.8, 4) is 0 Å². The summed E-state index contributed by atoms with van der Waals surface area (Å²) in [5.41, 5.74) is 1.57. The summed E-state index contributed by atoms with van der Waals surface area (Å²) in [6.07, 6.45) is 0. The number of halogens is 2. The van der Waals surface area contributed by atoms with E-state index in [0.29, 0.717) is 5.88 Å². The highest BCUT2D eigenvalue weighted by Gasteiger charge is 2.17. The SMILES string of the molecule is CC(c1cccs1)n1c(CCl)nc2ccc(F)cc21. The molecule has 0 saturated carbocycles. The van der Waals surface area contributed by atoms with E-state index >= 15 is 0 Å². The topological polar surface area (TPSA) is 17.8 Å². The molecule has 19 heavy (non-hydrogen) atoms. The van der Waals surface area contributed by atoms with Gasteiger partial charge in [0.1, 0.15) is 11.6 Å². The van der Waals surface area contributed by atoms with E-state index in [9.17, 15) is 4.39 Å². The lowest BCUT2D eigenvalue weighted by molar-refractivity contribution is 0.621. The zero-order valence-corrected chi connectivity index (χ0v) is 11.9. The van der Waals surface area contributed by atoms with Crippen molar-refractivity contribution in [2.75, 3.05) is 0 Å². The molecular weight excluding hydrogens is 283 g/mol. The molecule has 3 rings (SSSR count). The fraction of sp³-hybridized carbons (Fsp3) is 0.214. The summed E-state index contributed by atoms with van der Waals surface area (Å²) in [5.74, 6) is 0.822. The monoisotopic (exact) mass is 294 g/mol. The summed E-state index contributed by atoms with van der Waals surface area (Å²) in [4.78, 5) is 5.68. The van der Waals surface area contributed by atoms with Crippen molar-refractivity contribution in [2.45, 2.75) is 18.8 Å². The maximum absolute atomic E-state index is 13.5. The predicted octanol–water partition coefficient (Wildman–Crippen LogP) is 4.59. The summed E-state index contributed by atoms with van der Waals surface area (Å²) in [6.45, 7) is 2.08. The van der Waals surface area contributed by atoms with Gasteiger partial charge in [-0.1, -0.05) is 6.07 Å². The molecule has 5 heteroatoms. The molecule has 0 bridgehead atoms. The first-order valence-corrected chi connectivity index (χ1v) is 7.38. The Morgan fingerprint density at radius 2 is 2.26 bits per heavy atom. The largest absolute Gasteiger partial charge is 0.319 e. The van der Waals surface area contributed by atoms with Gasteiger partial charge in [-0.15, -0.1) is 22.9 Å². The number of rotatable bonds is 3. The van der Waals surface area contributed by atoms with Gasteiger partial charge in [0, 0.05) is 4.88 Å². The van der Waals surface area contributed by atoms with Crippen LogP contribution >= 0.6 is 22.9 Å². The lowest BCUT2D eigenvalue weighted by Crippen LogP contribution is -2.08. The number of hydrogen-bond donors (Lipinski definition) is 0. The van der Waals surface area contributed by atoms with Gasteiger partial charge in [0.2, 0.25) is 0 Å². The Hall–Kier alpha value is -1.39. The Morgan fingerprint density at radius 1 is 1.42 bits per heavy atom. The maximum atomic E-state index is 13.5. The van der Waals surface area contributed by atoms with Gasteiger partial charge >= 0.3 is 0 Å². The van der Waals surface area contributed by atoms with E-state index in [4.69, 9.17) is 11.6 Å². The number of hydrogen-bond acceptors (Lipinski definition) is 2. The smallest absolute Gasteiger partial charge is 0.125 e. The molecule has 0 spiro atoms. The lowest BCUT2D eigenvalue weighted by Gasteiger charge is -2.15. The van der Waals surface area contributed by atoms with Crippen molar-refractivity contribution in [3.63, 3.8) is 0 Å². The second-order valence-electron chi connectivity index (χ2n) is 4.36. The molecule has 0 N–H and O–H groups in total. The molecule has 0 saturated heterocycles. The molecule has 2 heterocycles. The van der Waals surface area contributed by atoms with E-state index in [0.717, 1.165) is 16.9 Å². The van der Waals surface area contributed by atoms with Crippen LogP contribution in [-0.2, 0) is 5.88 Å². The zero-order chi connectivity index (χ0) is 13.4. The Labute approximate surface area is 119 Å². The molecule has 0 aliphatic rings. The van der Waals surface area contributed by atoms with E-state index < -0.39 is 0 Å². The van der Waals surface area contributed by atoms with Crippen LogP contribution in [0.1, 0.15) is 23.7 Å². The van der Waals surface area contributed by atoms with Crippen LogP contribution < -0.4 is 0 Å². The van der Waals surface area contributed by atoms with Gasteiger partial charge in [-0.05, 0) is 36.6 Å². The Balaban J connectivity index is 2.23. The Bertz CT molecular complexity index is 706. The molecule has 2 aromatic heterocycles. The average molecular weight is 295 g/mol. The Kier molecular flexibility index (Phi) is 3.29. The van der Waals surface area contributed by atoms with Crippen molar-refractivity contribution in [2.24, 2.45) is 0 Å². The standard InChI is InChI=1S/C14H12ClFN2S/c1-9(13-3-2-6-19-13)18-12-7-10(16)4-5-11(12)17-14(18)8-15/h2-7,9H,8H2,1H3. The van der Waals surface area contributed by atoms with Crippen LogP contribution in [0.15, 0.2) is 35.7 Å². The fourth-order valence-electron chi connectivity index (χ4n) is 2.30. The first-order valence-electron chi connectivity index (χ1n) is 5.96. The molecular formula is C14H12ClFN2S. The van der Waals surface area contributed by atoms with Gasteiger partial charge in [0.05, 0.1) is 23.0 Å². The van der Waals surface area contributed by atoms with Crippen molar-refractivity contribution in [1.82, 2.24) is 9.55 Å². The number of aromatic nitrogens is 2. The third-order valence-electron chi connectivity index (χ3n) is 3.19. The second-order valence-corrected chi connectivity index (χ2v) is 5.60. The van der Waals surface area contributed by atoms with Gasteiger partial charge in [-0.25, -0.2) is 9.37 Å². The summed E-state index contributed by atoms with van der Waals surface area (Å²) in [7, 11) is 0. The van der Waals surface area contributed by atoms with E-state index in [1.54, 1.807) is 17.4 Å². The van der Waals surface area contributed by atoms with Gasteiger partial charge in [0.15, 0.2) is 0 Å². The molecule has 1 unspecified atom stereocenters. The van der Waals surface area contributed by atoms with Crippen molar-refractivity contribution in [3.05, 3.63) is 52.2 Å². The van der Waals surface area contributed by atoms with E-state index in [2.05, 4.69) is 18.0 Å². The highest BCUT2D eigenvalue weighted by Crippen LogP contribution is 2.29. The highest BCUT2D eigenvalue weighted by molar-refractivity contribution is 7.10. The number of fused-ring (bicyclic) bond motifs is 1. The number of nitrogens with zero attached hydrogens (tertiary/aromatic N) is 2. The van der Waals surface area contributed by atoms with E-state index in [-0.39, 0.29) is 11.9 Å². The second kappa shape index (κ2) is 4.94. The predicted molar refractivity (Wildman–Crippen MR) is 77.4 cm³/mol. The molecule has 0 fully saturated rings. The van der Waals surface area contributed by atoms with Gasteiger partial charge in [0.25, 0.3) is 0 Å². The zero-order valence-electron chi connectivity index (χ0n) is 10.3. The van der Waals surface area contributed by atoms with Crippen LogP contribution in [0.3, 0.4) is 0 Å². The summed E-state index contributed by atoms with van der Waals surface area (Å²) in [6, 6.07) is 8.81. The highest BCUT2D eigenvalue weighted by atomic mass is 35.5. The molecule has 98 valence electrons. The maximum Gasteiger partial charge on any atom is 0.125 e. The number of alkyl halides is 1. The summed E-state index contributed by atoms with van der Waals surface area (Å²) < 4.78 is 15.5. The number of thiophene rings is 1. The van der Waals surface area contributed by atoms with Crippen LogP contribution in [0.2, 0.25) is 0 Å². The van der Waals surface area contributed by atoms with Crippen LogP contribution in [-0.4, -0.2) is 9.55 Å². The third-order valence-corrected chi connectivity index (χ3v) is 4.47. The molecule has 0 amide bonds. The number of imidazole rings is 1. The van der Waals surface area contributed by atoms with Crippen LogP contribution in [0, 0.1) is 5.82 Å². The molecule has 0 aliphatic heterocycles. The van der Waals surface area contributed by atoms with Gasteiger partial charge in [-0.2, -0.15) is 0 Å². The van der Waals surface area contributed by atoms with E-state index in [1.165, 1.54) is 17.0 Å². The van der Waals surface area contributed by atoms with Crippen molar-refractivity contribution < 1.29 is 4.39 Å². The summed E-state index contributed by atoms with van der Waals surface area (Å²) in [5, 5.41) is 2.03. The average Bonchev–Trinajstić information content (AvgIpc) is 3.04. The minimum atomic E-state index is -0.256. The molecule has 3 aromatic rings. The minimum absolute atomic E-state index is 0.0977. The minimum Gasteiger partial charge on any atom is -0.319 e. The van der Waals surface area contributed by atoms with Crippen molar-refractivity contribution in [1.29, 1.82) is 0 Å². The van der Waals surface area contributed by atoms with Gasteiger partial charge < -0.3 is 4.57 Å². The normalized spacial score (nSPS) is 13.0. The lowest BCUT2D eigenvalue weighted by atomic mass is 10.2. The van der Waals surface area contributed by atoms with Crippen LogP contribution in [0.4, 0.5) is 4.39 Å². The molecule has 0 aliphatic carbocycles. The Morgan fingerprint density at radius 3 is 2.95 bits per heavy atom. The fourth-order valence-corrected chi connectivity index (χ4v) is 3.26.